The molecule has 10 heteroatoms. The van der Waals surface area contributed by atoms with Gasteiger partial charge in [0.05, 0.1) is 5.56 Å². The van der Waals surface area contributed by atoms with Crippen LogP contribution in [-0.2, 0) is 28.5 Å². The third-order valence-corrected chi connectivity index (χ3v) is 3.82. The predicted molar refractivity (Wildman–Crippen MR) is 83.7 cm³/mol. The summed E-state index contributed by atoms with van der Waals surface area (Å²) in [6.45, 7) is 1.13. The van der Waals surface area contributed by atoms with E-state index in [9.17, 15) is 28.3 Å². The molecule has 2 rings (SSSR count). The third kappa shape index (κ3) is 4.58. The van der Waals surface area contributed by atoms with Crippen molar-refractivity contribution < 1.29 is 47.2 Å². The number of alkyl halides is 2. The van der Waals surface area contributed by atoms with Crippen LogP contribution in [-0.4, -0.2) is 60.1 Å². The molecule has 0 saturated carbocycles. The van der Waals surface area contributed by atoms with Gasteiger partial charge in [0.2, 0.25) is 12.4 Å². The van der Waals surface area contributed by atoms with E-state index in [0.717, 1.165) is 13.8 Å². The highest BCUT2D eigenvalue weighted by molar-refractivity contribution is 5.89. The number of benzene rings is 1. The Labute approximate surface area is 153 Å². The van der Waals surface area contributed by atoms with Crippen LogP contribution in [0.1, 0.15) is 24.2 Å². The van der Waals surface area contributed by atoms with Crippen LogP contribution in [0.4, 0.5) is 8.78 Å². The fraction of sp³-hybridized carbons (Fsp3) is 0.471. The van der Waals surface area contributed by atoms with Crippen LogP contribution in [0.5, 0.6) is 0 Å². The second kappa shape index (κ2) is 8.40. The van der Waals surface area contributed by atoms with E-state index in [2.05, 4.69) is 0 Å². The molecule has 0 radical (unpaired) electrons. The van der Waals surface area contributed by atoms with Crippen LogP contribution < -0.4 is 0 Å². The van der Waals surface area contributed by atoms with Gasteiger partial charge in [-0.25, -0.2) is 13.6 Å². The molecule has 0 aliphatic carbocycles. The molecule has 0 bridgehead atoms. The molecule has 1 aliphatic heterocycles. The zero-order valence-electron chi connectivity index (χ0n) is 14.5. The molecule has 1 saturated heterocycles. The largest absolute Gasteiger partial charge is 0.459 e. The number of ether oxygens (including phenoxy) is 4. The van der Waals surface area contributed by atoms with Crippen LogP contribution in [0.25, 0.3) is 0 Å². The molecule has 1 aliphatic rings. The molecular weight excluding hydrogens is 370 g/mol. The zero-order chi connectivity index (χ0) is 20.2. The van der Waals surface area contributed by atoms with E-state index in [1.54, 1.807) is 18.2 Å². The van der Waals surface area contributed by atoms with Gasteiger partial charge in [0.1, 0.15) is 12.7 Å². The second-order valence-electron chi connectivity index (χ2n) is 5.79. The van der Waals surface area contributed by atoms with Gasteiger partial charge < -0.3 is 24.1 Å². The molecule has 27 heavy (non-hydrogen) atoms. The highest BCUT2D eigenvalue weighted by Gasteiger charge is 2.65. The lowest BCUT2D eigenvalue weighted by Crippen LogP contribution is -2.57. The van der Waals surface area contributed by atoms with Crippen molar-refractivity contribution in [3.05, 3.63) is 35.9 Å². The Morgan fingerprint density at radius 3 is 2.26 bits per heavy atom. The van der Waals surface area contributed by atoms with Crippen molar-refractivity contribution in [3.8, 4) is 0 Å². The Kier molecular flexibility index (Phi) is 6.45. The number of hydrogen-bond acceptors (Lipinski definition) is 8. The van der Waals surface area contributed by atoms with Gasteiger partial charge in [-0.1, -0.05) is 18.2 Å². The molecule has 1 N–H and O–H groups in total. The summed E-state index contributed by atoms with van der Waals surface area (Å²) in [5.41, 5.74) is -2.90. The fourth-order valence-electron chi connectivity index (χ4n) is 2.57. The molecule has 1 aromatic rings. The van der Waals surface area contributed by atoms with Crippen molar-refractivity contribution in [2.24, 2.45) is 0 Å². The summed E-state index contributed by atoms with van der Waals surface area (Å²) < 4.78 is 46.7. The van der Waals surface area contributed by atoms with Crippen LogP contribution in [0.15, 0.2) is 30.3 Å². The monoisotopic (exact) mass is 388 g/mol. The molecule has 0 aromatic heterocycles. The number of carbonyl (C=O) groups excluding carboxylic acids is 3. The van der Waals surface area contributed by atoms with Gasteiger partial charge in [-0.3, -0.25) is 9.59 Å². The van der Waals surface area contributed by atoms with E-state index < -0.39 is 55.0 Å². The van der Waals surface area contributed by atoms with Gasteiger partial charge in [0, 0.05) is 13.8 Å². The molecule has 0 amide bonds. The summed E-state index contributed by atoms with van der Waals surface area (Å²) in [5.74, 6) is -2.74. The van der Waals surface area contributed by atoms with Crippen LogP contribution >= 0.6 is 0 Å². The predicted octanol–water partition coefficient (Wildman–Crippen LogP) is 1.06. The zero-order valence-corrected chi connectivity index (χ0v) is 14.5. The van der Waals surface area contributed by atoms with E-state index in [-0.39, 0.29) is 5.56 Å². The second-order valence-corrected chi connectivity index (χ2v) is 5.79. The number of halogens is 2. The Hall–Kier alpha value is -2.59. The van der Waals surface area contributed by atoms with Crippen molar-refractivity contribution in [3.63, 3.8) is 0 Å². The van der Waals surface area contributed by atoms with E-state index >= 15 is 0 Å². The normalized spacial score (nSPS) is 27.3. The molecule has 1 fully saturated rings. The first-order valence-electron chi connectivity index (χ1n) is 7.88. The van der Waals surface area contributed by atoms with E-state index in [4.69, 9.17) is 18.9 Å². The molecular formula is C17H18F2O8. The van der Waals surface area contributed by atoms with Gasteiger partial charge in [-0.2, -0.15) is 0 Å². The first-order valence-corrected chi connectivity index (χ1v) is 7.88. The Morgan fingerprint density at radius 1 is 1.15 bits per heavy atom. The summed E-state index contributed by atoms with van der Waals surface area (Å²) in [4.78, 5) is 34.4. The van der Waals surface area contributed by atoms with Gasteiger partial charge in [0.25, 0.3) is 6.43 Å². The maximum Gasteiger partial charge on any atom is 0.338 e. The lowest BCUT2D eigenvalue weighted by molar-refractivity contribution is -0.204. The number of carbonyl (C=O) groups is 3. The highest BCUT2D eigenvalue weighted by Crippen LogP contribution is 2.39. The maximum absolute atomic E-state index is 13.6. The molecule has 1 unspecified atom stereocenters. The van der Waals surface area contributed by atoms with E-state index in [1.165, 1.54) is 12.1 Å². The molecule has 148 valence electrons. The Balaban J connectivity index is 2.21. The van der Waals surface area contributed by atoms with Crippen LogP contribution in [0.3, 0.4) is 0 Å². The average molecular weight is 388 g/mol. The summed E-state index contributed by atoms with van der Waals surface area (Å²) >= 11 is 0. The standard InChI is InChI=1S/C17H18F2O8/c1-9(20)25-13-15(26-10(2)21)27-12(17(13,23)16(18)19)8-24-14(22)11-6-4-3-5-7-11/h3-7,12-13,15-16,23H,8H2,1-2H3/t12-,13+,15?,17-/m1/s1. The van der Waals surface area contributed by atoms with Gasteiger partial charge in [-0.05, 0) is 12.1 Å². The van der Waals surface area contributed by atoms with Crippen LogP contribution in [0, 0.1) is 0 Å². The smallest absolute Gasteiger partial charge is 0.338 e. The Morgan fingerprint density at radius 2 is 1.74 bits per heavy atom. The average Bonchev–Trinajstić information content (AvgIpc) is 2.86. The number of hydrogen-bond donors (Lipinski definition) is 1. The van der Waals surface area contributed by atoms with E-state index in [0.29, 0.717) is 0 Å². The minimum Gasteiger partial charge on any atom is -0.459 e. The minimum atomic E-state index is -3.46. The van der Waals surface area contributed by atoms with Crippen LogP contribution in [0.2, 0.25) is 0 Å². The summed E-state index contributed by atoms with van der Waals surface area (Å²) in [7, 11) is 0. The number of rotatable bonds is 6. The lowest BCUT2D eigenvalue weighted by Gasteiger charge is -2.31. The Bertz CT molecular complexity index is 695. The quantitative estimate of drug-likeness (QED) is 0.569. The summed E-state index contributed by atoms with van der Waals surface area (Å²) in [6, 6.07) is 7.71. The first-order chi connectivity index (χ1) is 12.7. The van der Waals surface area contributed by atoms with Gasteiger partial charge in [-0.15, -0.1) is 0 Å². The fourth-order valence-corrected chi connectivity index (χ4v) is 2.57. The molecule has 0 spiro atoms. The SMILES string of the molecule is CC(=O)OC1O[C@H](COC(=O)c2ccccc2)[C@](O)(C(F)F)[C@H]1OC(C)=O. The van der Waals surface area contributed by atoms with Gasteiger partial charge in [0.15, 0.2) is 5.60 Å². The van der Waals surface area contributed by atoms with Crippen molar-refractivity contribution in [1.29, 1.82) is 0 Å². The van der Waals surface area contributed by atoms with Crippen molar-refractivity contribution >= 4 is 17.9 Å². The molecule has 1 heterocycles. The van der Waals surface area contributed by atoms with Crippen molar-refractivity contribution in [2.45, 2.75) is 44.4 Å². The van der Waals surface area contributed by atoms with E-state index in [1.807, 2.05) is 0 Å². The first kappa shape index (κ1) is 20.7. The van der Waals surface area contributed by atoms with Crippen molar-refractivity contribution in [2.75, 3.05) is 6.61 Å². The number of aliphatic hydroxyl groups is 1. The minimum absolute atomic E-state index is 0.157. The summed E-state index contributed by atoms with van der Waals surface area (Å²) in [5, 5.41) is 10.5. The maximum atomic E-state index is 13.6. The molecule has 4 atom stereocenters. The third-order valence-electron chi connectivity index (χ3n) is 3.82. The highest BCUT2D eigenvalue weighted by atomic mass is 19.3. The van der Waals surface area contributed by atoms with Gasteiger partial charge >= 0.3 is 17.9 Å². The molecule has 8 nitrogen and oxygen atoms in total. The number of esters is 3. The van der Waals surface area contributed by atoms with Crippen molar-refractivity contribution in [1.82, 2.24) is 0 Å². The topological polar surface area (TPSA) is 108 Å². The molecule has 1 aromatic carbocycles. The summed E-state index contributed by atoms with van der Waals surface area (Å²) in [6.07, 6.45) is -9.05. The lowest BCUT2D eigenvalue weighted by atomic mass is 9.93.